The van der Waals surface area contributed by atoms with Crippen molar-refractivity contribution in [2.75, 3.05) is 0 Å². The van der Waals surface area contributed by atoms with Gasteiger partial charge in [-0.2, -0.15) is 0 Å². The Hall–Kier alpha value is -4.84. The molecule has 4 nitrogen and oxygen atoms in total. The third kappa shape index (κ3) is 5.85. The van der Waals surface area contributed by atoms with Gasteiger partial charge in [0, 0.05) is 16.7 Å². The third-order valence-corrected chi connectivity index (χ3v) is 9.00. The molecule has 0 spiro atoms. The Bertz CT molecular complexity index is 1900. The molecule has 7 rings (SSSR count). The Morgan fingerprint density at radius 1 is 0.422 bits per heavy atom. The van der Waals surface area contributed by atoms with Crippen LogP contribution in [0.4, 0.5) is 0 Å². The van der Waals surface area contributed by atoms with Gasteiger partial charge in [0.25, 0.3) is 0 Å². The Morgan fingerprint density at radius 2 is 0.778 bits per heavy atom. The fourth-order valence-corrected chi connectivity index (χ4v) is 5.57. The van der Waals surface area contributed by atoms with Crippen LogP contribution in [-0.2, 0) is 9.31 Å². The summed E-state index contributed by atoms with van der Waals surface area (Å²) in [5, 5.41) is 0. The topological polar surface area (TPSA) is 44.2 Å². The summed E-state index contributed by atoms with van der Waals surface area (Å²) in [6.45, 7) is 8.31. The molecule has 2 heterocycles. The Labute approximate surface area is 265 Å². The molecule has 1 aliphatic heterocycles. The minimum absolute atomic E-state index is 0.362. The first kappa shape index (κ1) is 28.9. The van der Waals surface area contributed by atoms with E-state index in [1.54, 1.807) is 0 Å². The van der Waals surface area contributed by atoms with E-state index in [9.17, 15) is 0 Å². The van der Waals surface area contributed by atoms with Gasteiger partial charge in [0.05, 0.1) is 22.6 Å². The summed E-state index contributed by atoms with van der Waals surface area (Å²) in [6.07, 6.45) is 0. The summed E-state index contributed by atoms with van der Waals surface area (Å²) in [5.74, 6) is 0.702. The highest BCUT2D eigenvalue weighted by molar-refractivity contribution is 6.62. The van der Waals surface area contributed by atoms with Crippen LogP contribution in [-0.4, -0.2) is 28.3 Å². The summed E-state index contributed by atoms with van der Waals surface area (Å²) in [6, 6.07) is 48.3. The number of aromatic nitrogens is 2. The van der Waals surface area contributed by atoms with Crippen LogP contribution in [0.3, 0.4) is 0 Å². The Kier molecular flexibility index (Phi) is 7.44. The lowest BCUT2D eigenvalue weighted by atomic mass is 9.78. The molecule has 1 aliphatic rings. The molecule has 0 aliphatic carbocycles. The maximum atomic E-state index is 6.24. The van der Waals surface area contributed by atoms with Crippen molar-refractivity contribution < 1.29 is 9.31 Å². The maximum Gasteiger partial charge on any atom is 0.494 e. The van der Waals surface area contributed by atoms with Crippen LogP contribution in [0.15, 0.2) is 140 Å². The SMILES string of the molecule is CC1(C)OB(c2ccc(-c3ccc(-c4cc(-c5ccccc5)nc(-c5ccc(-c6ccccc6)cc5)n4)cc3)cc2)OC1(C)C. The number of nitrogens with zero attached hydrogens (tertiary/aromatic N) is 2. The van der Waals surface area contributed by atoms with E-state index < -0.39 is 0 Å². The molecule has 0 atom stereocenters. The zero-order chi connectivity index (χ0) is 31.0. The molecule has 1 saturated heterocycles. The van der Waals surface area contributed by atoms with Gasteiger partial charge >= 0.3 is 7.12 Å². The molecule has 5 aromatic carbocycles. The van der Waals surface area contributed by atoms with Gasteiger partial charge in [-0.25, -0.2) is 9.97 Å². The summed E-state index contributed by atoms with van der Waals surface area (Å²) in [7, 11) is -0.369. The number of benzene rings is 5. The van der Waals surface area contributed by atoms with Crippen LogP contribution in [0, 0.1) is 0 Å². The molecule has 220 valence electrons. The van der Waals surface area contributed by atoms with E-state index in [4.69, 9.17) is 19.3 Å². The summed E-state index contributed by atoms with van der Waals surface area (Å²) >= 11 is 0. The van der Waals surface area contributed by atoms with Gasteiger partial charge in [-0.3, -0.25) is 0 Å². The van der Waals surface area contributed by atoms with Crippen molar-refractivity contribution in [3.63, 3.8) is 0 Å². The van der Waals surface area contributed by atoms with Crippen LogP contribution < -0.4 is 5.46 Å². The molecule has 0 amide bonds. The van der Waals surface area contributed by atoms with Gasteiger partial charge in [0.1, 0.15) is 0 Å². The molecule has 1 fully saturated rings. The number of hydrogen-bond donors (Lipinski definition) is 0. The van der Waals surface area contributed by atoms with Gasteiger partial charge in [0.15, 0.2) is 5.82 Å². The average molecular weight is 587 g/mol. The Balaban J connectivity index is 1.18. The van der Waals surface area contributed by atoms with Crippen LogP contribution in [0.2, 0.25) is 0 Å². The van der Waals surface area contributed by atoms with Crippen LogP contribution in [0.5, 0.6) is 0 Å². The van der Waals surface area contributed by atoms with E-state index in [2.05, 4.69) is 143 Å². The summed E-state index contributed by atoms with van der Waals surface area (Å²) in [5.41, 5.74) is 9.76. The number of rotatable bonds is 6. The van der Waals surface area contributed by atoms with Gasteiger partial charge in [-0.15, -0.1) is 0 Å². The highest BCUT2D eigenvalue weighted by atomic mass is 16.7. The lowest BCUT2D eigenvalue weighted by Gasteiger charge is -2.32. The lowest BCUT2D eigenvalue weighted by Crippen LogP contribution is -2.41. The molecule has 5 heteroatoms. The molecule has 1 aromatic heterocycles. The quantitative estimate of drug-likeness (QED) is 0.183. The second kappa shape index (κ2) is 11.6. The summed E-state index contributed by atoms with van der Waals surface area (Å²) in [4.78, 5) is 10.0. The van der Waals surface area contributed by atoms with Crippen molar-refractivity contribution in [2.45, 2.75) is 38.9 Å². The van der Waals surface area contributed by atoms with Gasteiger partial charge in [0.2, 0.25) is 0 Å². The second-order valence-corrected chi connectivity index (χ2v) is 12.6. The zero-order valence-electron chi connectivity index (χ0n) is 26.1. The van der Waals surface area contributed by atoms with Crippen LogP contribution in [0.1, 0.15) is 27.7 Å². The van der Waals surface area contributed by atoms with Crippen molar-refractivity contribution in [1.82, 2.24) is 9.97 Å². The Morgan fingerprint density at radius 3 is 1.27 bits per heavy atom. The van der Waals surface area contributed by atoms with E-state index in [0.717, 1.165) is 44.7 Å². The first-order valence-corrected chi connectivity index (χ1v) is 15.4. The van der Waals surface area contributed by atoms with E-state index in [-0.39, 0.29) is 18.3 Å². The van der Waals surface area contributed by atoms with Gasteiger partial charge in [-0.1, -0.05) is 133 Å². The molecule has 0 radical (unpaired) electrons. The fraction of sp³-hybridized carbons (Fsp3) is 0.150. The van der Waals surface area contributed by atoms with E-state index in [1.807, 2.05) is 24.3 Å². The monoisotopic (exact) mass is 586 g/mol. The number of hydrogen-bond acceptors (Lipinski definition) is 4. The smallest absolute Gasteiger partial charge is 0.399 e. The highest BCUT2D eigenvalue weighted by Gasteiger charge is 2.51. The average Bonchev–Trinajstić information content (AvgIpc) is 3.31. The normalized spacial score (nSPS) is 15.2. The summed E-state index contributed by atoms with van der Waals surface area (Å²) < 4.78 is 12.5. The lowest BCUT2D eigenvalue weighted by molar-refractivity contribution is 0.00578. The molecule has 0 saturated carbocycles. The van der Waals surface area contributed by atoms with Gasteiger partial charge in [-0.05, 0) is 61.5 Å². The van der Waals surface area contributed by atoms with Crippen molar-refractivity contribution in [1.29, 1.82) is 0 Å². The van der Waals surface area contributed by atoms with E-state index >= 15 is 0 Å². The van der Waals surface area contributed by atoms with Crippen molar-refractivity contribution in [3.05, 3.63) is 140 Å². The zero-order valence-corrected chi connectivity index (χ0v) is 26.1. The van der Waals surface area contributed by atoms with E-state index in [1.165, 1.54) is 11.1 Å². The molecule has 0 bridgehead atoms. The van der Waals surface area contributed by atoms with Gasteiger partial charge < -0.3 is 9.31 Å². The molecule has 0 unspecified atom stereocenters. The van der Waals surface area contributed by atoms with Crippen molar-refractivity contribution in [3.8, 4) is 56.2 Å². The standard InChI is InChI=1S/C40H35BN2O2/c1-39(2)40(3,4)45-41(44-39)35-25-23-31(24-26-35)30-15-19-33(20-16-30)37-27-36(32-13-9-6-10-14-32)42-38(43-37)34-21-17-29(18-22-34)28-11-7-5-8-12-28/h5-27H,1-4H3. The van der Waals surface area contributed by atoms with Crippen LogP contribution in [0.25, 0.3) is 56.2 Å². The largest absolute Gasteiger partial charge is 0.494 e. The fourth-order valence-electron chi connectivity index (χ4n) is 5.57. The third-order valence-electron chi connectivity index (χ3n) is 9.00. The first-order valence-electron chi connectivity index (χ1n) is 15.4. The molecular formula is C40H35BN2O2. The minimum atomic E-state index is -0.369. The predicted octanol–water partition coefficient (Wildman–Crippen LogP) is 9.11. The van der Waals surface area contributed by atoms with Crippen LogP contribution >= 0.6 is 0 Å². The molecule has 6 aromatic rings. The first-order chi connectivity index (χ1) is 21.8. The maximum absolute atomic E-state index is 6.24. The molecule has 45 heavy (non-hydrogen) atoms. The van der Waals surface area contributed by atoms with Crippen molar-refractivity contribution >= 4 is 12.6 Å². The van der Waals surface area contributed by atoms with Crippen molar-refractivity contribution in [2.24, 2.45) is 0 Å². The second-order valence-electron chi connectivity index (χ2n) is 12.6. The van der Waals surface area contributed by atoms with E-state index in [0.29, 0.717) is 5.82 Å². The minimum Gasteiger partial charge on any atom is -0.399 e. The highest BCUT2D eigenvalue weighted by Crippen LogP contribution is 2.37. The predicted molar refractivity (Wildman–Crippen MR) is 185 cm³/mol. The molecule has 0 N–H and O–H groups in total. The molecular weight excluding hydrogens is 551 g/mol.